The molecule has 0 aromatic heterocycles. The van der Waals surface area contributed by atoms with Gasteiger partial charge in [-0.1, -0.05) is 25.1 Å². The highest BCUT2D eigenvalue weighted by Gasteiger charge is 2.21. The van der Waals surface area contributed by atoms with Crippen LogP contribution in [0.1, 0.15) is 40.4 Å². The molecule has 0 amide bonds. The lowest BCUT2D eigenvalue weighted by Crippen LogP contribution is -2.27. The van der Waals surface area contributed by atoms with Gasteiger partial charge in [0.25, 0.3) is 0 Å². The van der Waals surface area contributed by atoms with E-state index >= 15 is 0 Å². The number of aryl methyl sites for hydroxylation is 3. The fourth-order valence-corrected chi connectivity index (χ4v) is 2.33. The van der Waals surface area contributed by atoms with Crippen LogP contribution in [0.25, 0.3) is 0 Å². The van der Waals surface area contributed by atoms with Gasteiger partial charge in [0.2, 0.25) is 5.78 Å². The molecule has 2 N–H and O–H groups in total. The summed E-state index contributed by atoms with van der Waals surface area (Å²) in [7, 11) is 0. The number of nitrogens with two attached hydrogens (primary N) is 1. The fraction of sp³-hybridized carbons (Fsp3) is 0.316. The van der Waals surface area contributed by atoms with Crippen LogP contribution in [0.3, 0.4) is 0 Å². The van der Waals surface area contributed by atoms with Crippen LogP contribution in [0.15, 0.2) is 36.4 Å². The number of benzene rings is 2. The third kappa shape index (κ3) is 3.48. The number of ketones is 1. The average Bonchev–Trinajstić information content (AvgIpc) is 2.49. The summed E-state index contributed by atoms with van der Waals surface area (Å²) in [6.07, 6.45) is 0.0751. The Labute approximate surface area is 132 Å². The molecule has 0 aliphatic carbocycles. The predicted molar refractivity (Wildman–Crippen MR) is 90.5 cm³/mol. The largest absolute Gasteiger partial charge is 0.480 e. The quantitative estimate of drug-likeness (QED) is 0.663. The van der Waals surface area contributed by atoms with Gasteiger partial charge in [-0.2, -0.15) is 0 Å². The lowest BCUT2D eigenvalue weighted by Gasteiger charge is -2.18. The Kier molecular flexibility index (Phi) is 4.86. The zero-order valence-electron chi connectivity index (χ0n) is 13.6. The van der Waals surface area contributed by atoms with Crippen molar-refractivity contribution in [1.29, 1.82) is 0 Å². The molecule has 3 heteroatoms. The highest BCUT2D eigenvalue weighted by molar-refractivity contribution is 6.00. The van der Waals surface area contributed by atoms with E-state index in [2.05, 4.69) is 0 Å². The summed E-state index contributed by atoms with van der Waals surface area (Å²) in [6.45, 7) is 7.95. The second kappa shape index (κ2) is 6.65. The molecule has 0 bridgehead atoms. The van der Waals surface area contributed by atoms with Crippen molar-refractivity contribution < 1.29 is 9.53 Å². The molecule has 22 heavy (non-hydrogen) atoms. The summed E-state index contributed by atoms with van der Waals surface area (Å²) in [5.41, 5.74) is 10.6. The fourth-order valence-electron chi connectivity index (χ4n) is 2.33. The smallest absolute Gasteiger partial charge is 0.203 e. The lowest BCUT2D eigenvalue weighted by molar-refractivity contribution is 0.0788. The van der Waals surface area contributed by atoms with Crippen LogP contribution in [-0.2, 0) is 0 Å². The van der Waals surface area contributed by atoms with Crippen molar-refractivity contribution in [2.24, 2.45) is 0 Å². The molecule has 0 fully saturated rings. The van der Waals surface area contributed by atoms with Gasteiger partial charge in [0, 0.05) is 5.56 Å². The third-order valence-electron chi connectivity index (χ3n) is 3.89. The Balaban J connectivity index is 2.23. The molecule has 0 aliphatic heterocycles. The number of Topliss-reactive ketones (excluding diaryl/α,β-unsaturated/α-hetero) is 1. The molecule has 0 spiro atoms. The number of rotatable bonds is 5. The maximum atomic E-state index is 12.7. The Morgan fingerprint density at radius 1 is 1.09 bits per heavy atom. The first-order valence-corrected chi connectivity index (χ1v) is 7.56. The van der Waals surface area contributed by atoms with E-state index in [4.69, 9.17) is 10.5 Å². The molecule has 0 radical (unpaired) electrons. The normalized spacial score (nSPS) is 12.0. The van der Waals surface area contributed by atoms with Crippen molar-refractivity contribution in [2.45, 2.75) is 40.2 Å². The Morgan fingerprint density at radius 3 is 2.41 bits per heavy atom. The number of ether oxygens (including phenoxy) is 1. The van der Waals surface area contributed by atoms with E-state index in [9.17, 15) is 4.79 Å². The molecular weight excluding hydrogens is 274 g/mol. The SMILES string of the molecule is CCC(Oc1ccc(C)cc1N)C(=O)c1ccc(C)c(C)c1. The van der Waals surface area contributed by atoms with Gasteiger partial charge in [0.1, 0.15) is 5.75 Å². The van der Waals surface area contributed by atoms with Crippen molar-refractivity contribution in [1.82, 2.24) is 0 Å². The Bertz CT molecular complexity index is 692. The van der Waals surface area contributed by atoms with Crippen molar-refractivity contribution in [3.05, 3.63) is 58.7 Å². The zero-order valence-corrected chi connectivity index (χ0v) is 13.6. The van der Waals surface area contributed by atoms with Crippen molar-refractivity contribution >= 4 is 11.5 Å². The van der Waals surface area contributed by atoms with Crippen LogP contribution in [0.5, 0.6) is 5.75 Å². The van der Waals surface area contributed by atoms with Crippen LogP contribution in [-0.4, -0.2) is 11.9 Å². The van der Waals surface area contributed by atoms with Crippen LogP contribution in [0.4, 0.5) is 5.69 Å². The van der Waals surface area contributed by atoms with E-state index in [1.165, 1.54) is 5.56 Å². The van der Waals surface area contributed by atoms with Crippen LogP contribution in [0.2, 0.25) is 0 Å². The van der Waals surface area contributed by atoms with Gasteiger partial charge >= 0.3 is 0 Å². The van der Waals surface area contributed by atoms with Gasteiger partial charge in [-0.25, -0.2) is 0 Å². The third-order valence-corrected chi connectivity index (χ3v) is 3.89. The topological polar surface area (TPSA) is 52.3 Å². The molecule has 2 rings (SSSR count). The van der Waals surface area contributed by atoms with E-state index < -0.39 is 6.10 Å². The summed E-state index contributed by atoms with van der Waals surface area (Å²) >= 11 is 0. The van der Waals surface area contributed by atoms with Crippen molar-refractivity contribution in [3.63, 3.8) is 0 Å². The predicted octanol–water partition coefficient (Wildman–Crippen LogP) is 4.23. The number of carbonyl (C=O) groups is 1. The first-order valence-electron chi connectivity index (χ1n) is 7.56. The lowest BCUT2D eigenvalue weighted by atomic mass is 10.00. The monoisotopic (exact) mass is 297 g/mol. The maximum Gasteiger partial charge on any atom is 0.203 e. The van der Waals surface area contributed by atoms with E-state index in [1.54, 1.807) is 0 Å². The number of nitrogen functional groups attached to an aromatic ring is 1. The van der Waals surface area contributed by atoms with E-state index in [1.807, 2.05) is 64.1 Å². The van der Waals surface area contributed by atoms with Crippen molar-refractivity contribution in [3.8, 4) is 5.75 Å². The molecule has 116 valence electrons. The minimum absolute atomic E-state index is 0.00873. The summed E-state index contributed by atoms with van der Waals surface area (Å²) in [6, 6.07) is 11.3. The molecule has 2 aromatic rings. The number of carbonyl (C=O) groups excluding carboxylic acids is 1. The summed E-state index contributed by atoms with van der Waals surface area (Å²) in [5.74, 6) is 0.556. The minimum Gasteiger partial charge on any atom is -0.480 e. The zero-order chi connectivity index (χ0) is 16.3. The summed E-state index contributed by atoms with van der Waals surface area (Å²) < 4.78 is 5.86. The summed E-state index contributed by atoms with van der Waals surface area (Å²) in [4.78, 5) is 12.7. The van der Waals surface area contributed by atoms with Gasteiger partial charge in [-0.05, 0) is 62.1 Å². The molecule has 2 aromatic carbocycles. The average molecular weight is 297 g/mol. The number of hydrogen-bond acceptors (Lipinski definition) is 3. The first-order chi connectivity index (χ1) is 10.4. The Hall–Kier alpha value is -2.29. The minimum atomic E-state index is -0.521. The van der Waals surface area contributed by atoms with Gasteiger partial charge in [-0.3, -0.25) is 4.79 Å². The second-order valence-corrected chi connectivity index (χ2v) is 5.72. The molecule has 1 atom stereocenters. The van der Waals surface area contributed by atoms with Crippen LogP contribution in [0, 0.1) is 20.8 Å². The number of anilines is 1. The van der Waals surface area contributed by atoms with E-state index in [0.717, 1.165) is 11.1 Å². The van der Waals surface area contributed by atoms with Crippen LogP contribution >= 0.6 is 0 Å². The van der Waals surface area contributed by atoms with Gasteiger partial charge in [-0.15, -0.1) is 0 Å². The molecule has 0 aliphatic rings. The number of hydrogen-bond donors (Lipinski definition) is 1. The molecule has 0 saturated heterocycles. The Morgan fingerprint density at radius 2 is 1.82 bits per heavy atom. The van der Waals surface area contributed by atoms with Gasteiger partial charge in [0.05, 0.1) is 5.69 Å². The standard InChI is InChI=1S/C19H23NO2/c1-5-17(22-18-9-6-12(2)10-16(18)20)19(21)15-8-7-13(3)14(4)11-15/h6-11,17H,5,20H2,1-4H3. The molecular formula is C19H23NO2. The molecule has 0 saturated carbocycles. The van der Waals surface area contributed by atoms with E-state index in [-0.39, 0.29) is 5.78 Å². The van der Waals surface area contributed by atoms with Gasteiger partial charge < -0.3 is 10.5 Å². The second-order valence-electron chi connectivity index (χ2n) is 5.72. The molecule has 3 nitrogen and oxygen atoms in total. The first kappa shape index (κ1) is 16.1. The maximum absolute atomic E-state index is 12.7. The highest BCUT2D eigenvalue weighted by atomic mass is 16.5. The molecule has 0 heterocycles. The highest BCUT2D eigenvalue weighted by Crippen LogP contribution is 2.25. The van der Waals surface area contributed by atoms with E-state index in [0.29, 0.717) is 23.4 Å². The van der Waals surface area contributed by atoms with Gasteiger partial charge in [0.15, 0.2) is 6.10 Å². The van der Waals surface area contributed by atoms with Crippen LogP contribution < -0.4 is 10.5 Å². The van der Waals surface area contributed by atoms with Crippen molar-refractivity contribution in [2.75, 3.05) is 5.73 Å². The molecule has 1 unspecified atom stereocenters. The summed E-state index contributed by atoms with van der Waals surface area (Å²) in [5, 5.41) is 0.